The first kappa shape index (κ1) is 10.5. The van der Waals surface area contributed by atoms with Gasteiger partial charge in [0.2, 0.25) is 0 Å². The molecule has 4 heteroatoms. The van der Waals surface area contributed by atoms with E-state index in [2.05, 4.69) is 5.32 Å². The van der Waals surface area contributed by atoms with Crippen molar-refractivity contribution in [1.29, 1.82) is 0 Å². The van der Waals surface area contributed by atoms with Crippen LogP contribution in [0.2, 0.25) is 0 Å². The van der Waals surface area contributed by atoms with Crippen molar-refractivity contribution in [3.05, 3.63) is 11.6 Å². The number of carboxylic acids is 1. The van der Waals surface area contributed by atoms with Gasteiger partial charge in [-0.1, -0.05) is 17.7 Å². The molecule has 0 rings (SSSR count). The Labute approximate surface area is 71.0 Å². The third kappa shape index (κ3) is 4.01. The molecule has 0 bridgehead atoms. The Bertz CT molecular complexity index is 166. The summed E-state index contributed by atoms with van der Waals surface area (Å²) in [5.74, 6) is -0.875. The zero-order valence-electron chi connectivity index (χ0n) is 6.60. The molecule has 0 aromatic carbocycles. The summed E-state index contributed by atoms with van der Waals surface area (Å²) in [5, 5.41) is 11.4. The molecule has 0 aliphatic heterocycles. The molecule has 0 saturated heterocycles. The third-order valence-corrected chi connectivity index (χ3v) is 1.46. The number of carbonyl (C=O) groups is 1. The number of nitrogens with one attached hydrogen (secondary N) is 1. The van der Waals surface area contributed by atoms with Crippen molar-refractivity contribution < 1.29 is 9.90 Å². The number of carboxylic acid groups (broad SMARTS) is 1. The SMILES string of the molecule is CC(C)(NCC=CCl)C(=O)O. The van der Waals surface area contributed by atoms with Crippen LogP contribution in [0.3, 0.4) is 0 Å². The molecular weight excluding hydrogens is 166 g/mol. The van der Waals surface area contributed by atoms with Crippen molar-refractivity contribution >= 4 is 17.6 Å². The van der Waals surface area contributed by atoms with Gasteiger partial charge in [0, 0.05) is 12.1 Å². The van der Waals surface area contributed by atoms with Gasteiger partial charge < -0.3 is 5.11 Å². The maximum Gasteiger partial charge on any atom is 0.323 e. The van der Waals surface area contributed by atoms with Crippen molar-refractivity contribution in [3.8, 4) is 0 Å². The standard InChI is InChI=1S/C7H12ClNO2/c1-7(2,6(10)11)9-5-3-4-8/h3-4,9H,5H2,1-2H3,(H,10,11). The number of hydrogen-bond acceptors (Lipinski definition) is 2. The van der Waals surface area contributed by atoms with Crippen LogP contribution in [0.4, 0.5) is 0 Å². The molecule has 64 valence electrons. The highest BCUT2D eigenvalue weighted by atomic mass is 35.5. The molecule has 0 aliphatic carbocycles. The fourth-order valence-electron chi connectivity index (χ4n) is 0.434. The van der Waals surface area contributed by atoms with Crippen LogP contribution in [0.15, 0.2) is 11.6 Å². The van der Waals surface area contributed by atoms with Crippen molar-refractivity contribution in [2.45, 2.75) is 19.4 Å². The summed E-state index contributed by atoms with van der Waals surface area (Å²) in [5.41, 5.74) is 0.460. The lowest BCUT2D eigenvalue weighted by molar-refractivity contribution is -0.143. The molecular formula is C7H12ClNO2. The normalized spacial score (nSPS) is 12.3. The molecule has 2 N–H and O–H groups in total. The van der Waals surface area contributed by atoms with Crippen molar-refractivity contribution in [2.24, 2.45) is 0 Å². The molecule has 0 aromatic heterocycles. The van der Waals surface area contributed by atoms with Crippen LogP contribution in [-0.4, -0.2) is 23.2 Å². The van der Waals surface area contributed by atoms with Crippen LogP contribution >= 0.6 is 11.6 Å². The lowest BCUT2D eigenvalue weighted by atomic mass is 10.1. The summed E-state index contributed by atoms with van der Waals surface area (Å²) in [6.07, 6.45) is 1.65. The molecule has 0 atom stereocenters. The molecule has 0 spiro atoms. The second-order valence-corrected chi connectivity index (χ2v) is 2.92. The van der Waals surface area contributed by atoms with Gasteiger partial charge >= 0.3 is 5.97 Å². The molecule has 0 fully saturated rings. The van der Waals surface area contributed by atoms with E-state index < -0.39 is 11.5 Å². The summed E-state index contributed by atoms with van der Waals surface area (Å²) in [4.78, 5) is 10.5. The van der Waals surface area contributed by atoms with E-state index in [4.69, 9.17) is 16.7 Å². The van der Waals surface area contributed by atoms with Gasteiger partial charge in [0.05, 0.1) is 0 Å². The molecule has 0 amide bonds. The highest BCUT2D eigenvalue weighted by molar-refractivity contribution is 6.25. The molecule has 0 saturated carbocycles. The zero-order chi connectivity index (χ0) is 8.91. The number of hydrogen-bond donors (Lipinski definition) is 2. The topological polar surface area (TPSA) is 49.3 Å². The fraction of sp³-hybridized carbons (Fsp3) is 0.571. The maximum atomic E-state index is 10.5. The van der Waals surface area contributed by atoms with E-state index in [0.717, 1.165) is 0 Å². The van der Waals surface area contributed by atoms with Gasteiger partial charge in [-0.25, -0.2) is 0 Å². The predicted molar refractivity (Wildman–Crippen MR) is 44.7 cm³/mol. The zero-order valence-corrected chi connectivity index (χ0v) is 7.35. The Kier molecular flexibility index (Phi) is 4.15. The number of aliphatic carboxylic acids is 1. The summed E-state index contributed by atoms with van der Waals surface area (Å²) in [6, 6.07) is 0. The Morgan fingerprint density at radius 1 is 1.73 bits per heavy atom. The van der Waals surface area contributed by atoms with E-state index in [0.29, 0.717) is 6.54 Å². The first-order valence-electron chi connectivity index (χ1n) is 3.24. The van der Waals surface area contributed by atoms with Crippen LogP contribution in [0.25, 0.3) is 0 Å². The molecule has 0 heterocycles. The highest BCUT2D eigenvalue weighted by Gasteiger charge is 2.24. The van der Waals surface area contributed by atoms with Gasteiger partial charge in [0.25, 0.3) is 0 Å². The minimum Gasteiger partial charge on any atom is -0.480 e. The first-order chi connectivity index (χ1) is 5.00. The van der Waals surface area contributed by atoms with Crippen molar-refractivity contribution in [2.75, 3.05) is 6.54 Å². The van der Waals surface area contributed by atoms with Crippen LogP contribution in [-0.2, 0) is 4.79 Å². The molecule has 0 aliphatic rings. The minimum atomic E-state index is -0.892. The quantitative estimate of drug-likeness (QED) is 0.679. The fourth-order valence-corrected chi connectivity index (χ4v) is 0.523. The lowest BCUT2D eigenvalue weighted by Gasteiger charge is -2.19. The Balaban J connectivity index is 3.82. The largest absolute Gasteiger partial charge is 0.480 e. The van der Waals surface area contributed by atoms with E-state index >= 15 is 0 Å². The van der Waals surface area contributed by atoms with E-state index in [1.807, 2.05) is 0 Å². The second-order valence-electron chi connectivity index (χ2n) is 2.67. The van der Waals surface area contributed by atoms with Crippen molar-refractivity contribution in [3.63, 3.8) is 0 Å². The molecule has 0 aromatic rings. The Hall–Kier alpha value is -0.540. The second kappa shape index (κ2) is 4.36. The van der Waals surface area contributed by atoms with E-state index in [1.54, 1.807) is 19.9 Å². The summed E-state index contributed by atoms with van der Waals surface area (Å²) in [7, 11) is 0. The Morgan fingerprint density at radius 2 is 2.27 bits per heavy atom. The van der Waals surface area contributed by atoms with Crippen LogP contribution in [0.5, 0.6) is 0 Å². The van der Waals surface area contributed by atoms with Crippen molar-refractivity contribution in [1.82, 2.24) is 5.32 Å². The average Bonchev–Trinajstić information content (AvgIpc) is 1.88. The van der Waals surface area contributed by atoms with Gasteiger partial charge in [-0.05, 0) is 13.8 Å². The molecule has 0 radical (unpaired) electrons. The van der Waals surface area contributed by atoms with Gasteiger partial charge in [-0.15, -0.1) is 0 Å². The minimum absolute atomic E-state index is 0.461. The predicted octanol–water partition coefficient (Wildman–Crippen LogP) is 1.19. The van der Waals surface area contributed by atoms with Gasteiger partial charge in [0.1, 0.15) is 5.54 Å². The molecule has 11 heavy (non-hydrogen) atoms. The maximum absolute atomic E-state index is 10.5. The first-order valence-corrected chi connectivity index (χ1v) is 3.68. The van der Waals surface area contributed by atoms with Gasteiger partial charge in [-0.3, -0.25) is 10.1 Å². The van der Waals surface area contributed by atoms with Crippen LogP contribution in [0, 0.1) is 0 Å². The van der Waals surface area contributed by atoms with Gasteiger partial charge in [-0.2, -0.15) is 0 Å². The van der Waals surface area contributed by atoms with Crippen LogP contribution < -0.4 is 5.32 Å². The summed E-state index contributed by atoms with van der Waals surface area (Å²) >= 11 is 5.24. The molecule has 3 nitrogen and oxygen atoms in total. The summed E-state index contributed by atoms with van der Waals surface area (Å²) < 4.78 is 0. The van der Waals surface area contributed by atoms with E-state index in [-0.39, 0.29) is 0 Å². The van der Waals surface area contributed by atoms with Crippen LogP contribution in [0.1, 0.15) is 13.8 Å². The van der Waals surface area contributed by atoms with Gasteiger partial charge in [0.15, 0.2) is 0 Å². The highest BCUT2D eigenvalue weighted by Crippen LogP contribution is 2.00. The Morgan fingerprint density at radius 3 is 2.64 bits per heavy atom. The van der Waals surface area contributed by atoms with E-state index in [1.165, 1.54) is 5.54 Å². The lowest BCUT2D eigenvalue weighted by Crippen LogP contribution is -2.46. The molecule has 0 unspecified atom stereocenters. The smallest absolute Gasteiger partial charge is 0.323 e. The van der Waals surface area contributed by atoms with E-state index in [9.17, 15) is 4.79 Å². The summed E-state index contributed by atoms with van der Waals surface area (Å²) in [6.45, 7) is 3.65. The number of rotatable bonds is 4. The third-order valence-electron chi connectivity index (χ3n) is 1.29. The monoisotopic (exact) mass is 177 g/mol. The number of halogens is 1. The average molecular weight is 178 g/mol.